The molecular formula is C31H32NO5+. The summed E-state index contributed by atoms with van der Waals surface area (Å²) in [6.45, 7) is 0. The van der Waals surface area contributed by atoms with Crippen LogP contribution in [-0.4, -0.2) is 52.8 Å². The Morgan fingerprint density at radius 3 is 2.03 bits per heavy atom. The van der Waals surface area contributed by atoms with Crippen molar-refractivity contribution < 1.29 is 28.3 Å². The van der Waals surface area contributed by atoms with Gasteiger partial charge in [0, 0.05) is 29.3 Å². The maximum Gasteiger partial charge on any atom is 0.203 e. The van der Waals surface area contributed by atoms with Crippen LogP contribution in [0.2, 0.25) is 0 Å². The lowest BCUT2D eigenvalue weighted by Gasteiger charge is -2.22. The van der Waals surface area contributed by atoms with Crippen molar-refractivity contribution in [2.24, 2.45) is 0 Å². The van der Waals surface area contributed by atoms with Crippen molar-refractivity contribution in [3.63, 3.8) is 0 Å². The van der Waals surface area contributed by atoms with Crippen LogP contribution >= 0.6 is 0 Å². The van der Waals surface area contributed by atoms with E-state index in [4.69, 9.17) is 23.7 Å². The van der Waals surface area contributed by atoms with E-state index in [1.807, 2.05) is 62.7 Å². The molecule has 0 atom stereocenters. The molecule has 0 unspecified atom stereocenters. The number of hydrogen-bond acceptors (Lipinski definition) is 5. The number of ether oxygens (including phenoxy) is 5. The summed E-state index contributed by atoms with van der Waals surface area (Å²) < 4.78 is 30.4. The molecule has 0 aromatic heterocycles. The van der Waals surface area contributed by atoms with Crippen molar-refractivity contribution >= 4 is 17.0 Å². The fourth-order valence-corrected chi connectivity index (χ4v) is 4.03. The van der Waals surface area contributed by atoms with E-state index in [9.17, 15) is 0 Å². The molecule has 2 aromatic rings. The van der Waals surface area contributed by atoms with E-state index in [1.54, 1.807) is 28.4 Å². The summed E-state index contributed by atoms with van der Waals surface area (Å²) in [4.78, 5) is 0. The van der Waals surface area contributed by atoms with Gasteiger partial charge < -0.3 is 23.7 Å². The molecule has 1 aliphatic heterocycles. The summed E-state index contributed by atoms with van der Waals surface area (Å²) in [5.41, 5.74) is 5.07. The van der Waals surface area contributed by atoms with Crippen LogP contribution in [0.4, 0.5) is 0 Å². The van der Waals surface area contributed by atoms with Crippen molar-refractivity contribution in [1.82, 2.24) is 0 Å². The minimum absolute atomic E-state index is 0.528. The molecule has 190 valence electrons. The average molecular weight is 499 g/mol. The van der Waals surface area contributed by atoms with Crippen molar-refractivity contribution in [3.8, 4) is 28.7 Å². The van der Waals surface area contributed by atoms with Crippen LogP contribution in [0.5, 0.6) is 28.7 Å². The third-order valence-corrected chi connectivity index (χ3v) is 6.04. The lowest BCUT2D eigenvalue weighted by atomic mass is 9.98. The quantitative estimate of drug-likeness (QED) is 0.448. The van der Waals surface area contributed by atoms with E-state index >= 15 is 0 Å². The molecule has 37 heavy (non-hydrogen) atoms. The Balaban J connectivity index is 1.72. The van der Waals surface area contributed by atoms with Gasteiger partial charge in [-0.25, -0.2) is 4.58 Å². The molecule has 0 saturated carbocycles. The van der Waals surface area contributed by atoms with Crippen LogP contribution in [0.3, 0.4) is 0 Å². The Labute approximate surface area is 218 Å². The molecular weight excluding hydrogens is 466 g/mol. The summed E-state index contributed by atoms with van der Waals surface area (Å²) in [6.07, 6.45) is 18.6. The van der Waals surface area contributed by atoms with Crippen molar-refractivity contribution in [2.75, 3.05) is 42.5 Å². The van der Waals surface area contributed by atoms with Gasteiger partial charge >= 0.3 is 0 Å². The van der Waals surface area contributed by atoms with E-state index in [2.05, 4.69) is 41.0 Å². The van der Waals surface area contributed by atoms with Crippen molar-refractivity contribution in [3.05, 3.63) is 102 Å². The highest BCUT2D eigenvalue weighted by molar-refractivity contribution is 6.02. The number of fused-ring (bicyclic) bond motifs is 1. The zero-order chi connectivity index (χ0) is 26.4. The van der Waals surface area contributed by atoms with Gasteiger partial charge in [0.25, 0.3) is 0 Å². The molecule has 0 saturated heterocycles. The number of nitrogens with zero attached hydrogens (tertiary/aromatic N) is 1. The third-order valence-electron chi connectivity index (χ3n) is 6.04. The molecule has 0 amide bonds. The molecule has 2 aliphatic rings. The molecule has 0 bridgehead atoms. The molecule has 6 heteroatoms. The van der Waals surface area contributed by atoms with Crippen LogP contribution in [0.1, 0.15) is 11.1 Å². The van der Waals surface area contributed by atoms with Gasteiger partial charge in [-0.3, -0.25) is 0 Å². The lowest BCUT2D eigenvalue weighted by molar-refractivity contribution is -0.462. The van der Waals surface area contributed by atoms with Crippen LogP contribution < -0.4 is 23.7 Å². The second-order valence-electron chi connectivity index (χ2n) is 8.55. The zero-order valence-corrected chi connectivity index (χ0v) is 22.1. The van der Waals surface area contributed by atoms with Crippen molar-refractivity contribution in [2.45, 2.75) is 0 Å². The van der Waals surface area contributed by atoms with Crippen LogP contribution in [0, 0.1) is 0 Å². The molecule has 1 heterocycles. The number of rotatable bonds is 7. The first kappa shape index (κ1) is 25.6. The van der Waals surface area contributed by atoms with Gasteiger partial charge in [-0.15, -0.1) is 0 Å². The number of hydrogen-bond donors (Lipinski definition) is 0. The molecule has 0 N–H and O–H groups in total. The fraction of sp³-hybridized carbons (Fsp3) is 0.194. The molecule has 0 fully saturated rings. The standard InChI is InChI=1S/C31H32NO5/c1-32(2)24-13-11-21(12-14-24)9-7-8-10-22-17-27(37-28-20-25(33-3)15-16-26(22)28)23-18-29(34-4)31(36-6)30(19-23)35-5/h7-20H,1-6H3/q+1/b8-7+,22-10+. The molecule has 0 spiro atoms. The molecule has 2 aromatic carbocycles. The minimum Gasteiger partial charge on any atom is -0.497 e. The van der Waals surface area contributed by atoms with E-state index in [1.165, 1.54) is 5.71 Å². The zero-order valence-electron chi connectivity index (χ0n) is 22.1. The van der Waals surface area contributed by atoms with Crippen LogP contribution in [0.15, 0.2) is 90.6 Å². The number of methoxy groups -OCH3 is 4. The van der Waals surface area contributed by atoms with Crippen LogP contribution in [0.25, 0.3) is 11.3 Å². The smallest absolute Gasteiger partial charge is 0.203 e. The van der Waals surface area contributed by atoms with Gasteiger partial charge in [-0.1, -0.05) is 24.3 Å². The first-order chi connectivity index (χ1) is 18.0. The highest BCUT2D eigenvalue weighted by Crippen LogP contribution is 2.43. The summed E-state index contributed by atoms with van der Waals surface area (Å²) in [6, 6.07) is 9.56. The molecule has 6 nitrogen and oxygen atoms in total. The summed E-state index contributed by atoms with van der Waals surface area (Å²) in [5.74, 6) is 3.71. The fourth-order valence-electron chi connectivity index (χ4n) is 4.03. The Morgan fingerprint density at radius 2 is 1.43 bits per heavy atom. The molecule has 1 aliphatic carbocycles. The Bertz CT molecular complexity index is 1360. The topological polar surface area (TPSA) is 49.2 Å². The molecule has 4 rings (SSSR count). The second kappa shape index (κ2) is 11.5. The van der Waals surface area contributed by atoms with E-state index in [-0.39, 0.29) is 0 Å². The van der Waals surface area contributed by atoms with Crippen LogP contribution in [-0.2, 0) is 0 Å². The Kier molecular flexibility index (Phi) is 7.98. The van der Waals surface area contributed by atoms with Gasteiger partial charge in [0.1, 0.15) is 31.4 Å². The molecule has 0 radical (unpaired) electrons. The van der Waals surface area contributed by atoms with Gasteiger partial charge in [-0.05, 0) is 53.6 Å². The average Bonchev–Trinajstić information content (AvgIpc) is 2.93. The van der Waals surface area contributed by atoms with Crippen molar-refractivity contribution in [1.29, 1.82) is 0 Å². The second-order valence-corrected chi connectivity index (χ2v) is 8.55. The highest BCUT2D eigenvalue weighted by atomic mass is 16.5. The van der Waals surface area contributed by atoms with Gasteiger partial charge in [0.15, 0.2) is 17.2 Å². The predicted octanol–water partition coefficient (Wildman–Crippen LogP) is 5.86. The third kappa shape index (κ3) is 5.70. The van der Waals surface area contributed by atoms with Gasteiger partial charge in [-0.2, -0.15) is 0 Å². The lowest BCUT2D eigenvalue weighted by Crippen LogP contribution is -2.09. The summed E-state index contributed by atoms with van der Waals surface area (Å²) in [7, 11) is 10.5. The van der Waals surface area contributed by atoms with E-state index < -0.39 is 0 Å². The van der Waals surface area contributed by atoms with Gasteiger partial charge in [0.2, 0.25) is 5.75 Å². The highest BCUT2D eigenvalue weighted by Gasteiger charge is 2.22. The number of allylic oxidation sites excluding steroid dienone is 11. The minimum atomic E-state index is 0.528. The normalized spacial score (nSPS) is 15.3. The largest absolute Gasteiger partial charge is 0.497 e. The van der Waals surface area contributed by atoms with E-state index in [0.717, 1.165) is 22.3 Å². The SMILES string of the molecule is COc1ccc2c(c1)OC(c1cc(OC)c(OC)c(OC)c1)=C/C2=C\C=C\C=C1C=CC(=[N+](C)C)C=C1. The maximum atomic E-state index is 6.32. The summed E-state index contributed by atoms with van der Waals surface area (Å²) >= 11 is 0. The monoisotopic (exact) mass is 498 g/mol. The first-order valence-corrected chi connectivity index (χ1v) is 11.8. The number of benzene rings is 2. The first-order valence-electron chi connectivity index (χ1n) is 11.8. The summed E-state index contributed by atoms with van der Waals surface area (Å²) in [5, 5.41) is 0. The Morgan fingerprint density at radius 1 is 0.757 bits per heavy atom. The maximum absolute atomic E-state index is 6.32. The van der Waals surface area contributed by atoms with Gasteiger partial charge in [0.05, 0.1) is 28.4 Å². The predicted molar refractivity (Wildman–Crippen MR) is 148 cm³/mol. The van der Waals surface area contributed by atoms with E-state index in [0.29, 0.717) is 34.5 Å². The Hall–Kier alpha value is -4.45.